The summed E-state index contributed by atoms with van der Waals surface area (Å²) in [5.41, 5.74) is 10.8. The number of aliphatic imine (C=N–C) groups is 1. The van der Waals surface area contributed by atoms with Gasteiger partial charge in [-0.25, -0.2) is 4.72 Å². The minimum Gasteiger partial charge on any atom is -0.466 e. The minimum absolute atomic E-state index is 0.0373. The number of nitrogens with one attached hydrogen (secondary N) is 1. The first-order chi connectivity index (χ1) is 16.0. The normalized spacial score (nSPS) is 15.2. The highest BCUT2D eigenvalue weighted by Crippen LogP contribution is 2.24. The fourth-order valence-corrected chi connectivity index (χ4v) is 4.74. The molecule has 9 heteroatoms. The third-order valence-corrected chi connectivity index (χ3v) is 6.60. The summed E-state index contributed by atoms with van der Waals surface area (Å²) in [6, 6.07) is 14.0. The van der Waals surface area contributed by atoms with E-state index >= 15 is 0 Å². The van der Waals surface area contributed by atoms with Crippen LogP contribution in [-0.2, 0) is 14.3 Å². The summed E-state index contributed by atoms with van der Waals surface area (Å²) in [5, 5.41) is 2.33. The average Bonchev–Trinajstić information content (AvgIpc) is 2.83. The molecule has 178 valence electrons. The van der Waals surface area contributed by atoms with E-state index in [2.05, 4.69) is 34.0 Å². The number of fused-ring (bicyclic) bond motifs is 1. The summed E-state index contributed by atoms with van der Waals surface area (Å²) in [6.45, 7) is 3.76. The highest BCUT2D eigenvalue weighted by Gasteiger charge is 2.31. The zero-order chi connectivity index (χ0) is 23.6. The number of hydrogen-bond donors (Lipinski definition) is 3. The standard InChI is InChI=1S/C24H33N5O3S/c1-2-32-23(31)18-11-14-29(15-12-18)22(30)21(8-5-13-27-24(25)26)28-33-20-10-9-17-6-3-4-7-19(17)16-20/h3-4,6-7,9-10,16,18,21,28H,2,5,8,11-15H2,1H3,(H4,25,26,27). The maximum atomic E-state index is 13.3. The van der Waals surface area contributed by atoms with Crippen LogP contribution in [0, 0.1) is 5.92 Å². The molecule has 5 N–H and O–H groups in total. The van der Waals surface area contributed by atoms with Crippen LogP contribution < -0.4 is 16.2 Å². The molecule has 1 aliphatic heterocycles. The number of hydrogen-bond acceptors (Lipinski definition) is 6. The van der Waals surface area contributed by atoms with Gasteiger partial charge < -0.3 is 21.1 Å². The van der Waals surface area contributed by atoms with E-state index in [9.17, 15) is 9.59 Å². The Hall–Kier alpha value is -2.78. The molecule has 1 saturated heterocycles. The number of guanidine groups is 1. The van der Waals surface area contributed by atoms with Gasteiger partial charge in [0.15, 0.2) is 5.96 Å². The Balaban J connectivity index is 1.62. The molecule has 1 heterocycles. The molecule has 1 atom stereocenters. The van der Waals surface area contributed by atoms with Crippen LogP contribution in [0.25, 0.3) is 10.8 Å². The van der Waals surface area contributed by atoms with Crippen molar-refractivity contribution in [2.24, 2.45) is 22.4 Å². The number of esters is 1. The van der Waals surface area contributed by atoms with Gasteiger partial charge in [0.1, 0.15) is 0 Å². The lowest BCUT2D eigenvalue weighted by Crippen LogP contribution is -2.48. The molecule has 1 unspecified atom stereocenters. The SMILES string of the molecule is CCOC(=O)C1CCN(C(=O)C(CCCN=C(N)N)NSc2ccc3ccccc3c2)CC1. The summed E-state index contributed by atoms with van der Waals surface area (Å²) in [6.07, 6.45) is 2.54. The Morgan fingerprint density at radius 1 is 1.18 bits per heavy atom. The lowest BCUT2D eigenvalue weighted by atomic mass is 9.96. The first-order valence-electron chi connectivity index (χ1n) is 11.4. The van der Waals surface area contributed by atoms with Crippen molar-refractivity contribution < 1.29 is 14.3 Å². The molecule has 8 nitrogen and oxygen atoms in total. The summed E-state index contributed by atoms with van der Waals surface area (Å²) in [4.78, 5) is 32.2. The Kier molecular flexibility index (Phi) is 9.38. The van der Waals surface area contributed by atoms with E-state index in [4.69, 9.17) is 16.2 Å². The van der Waals surface area contributed by atoms with Gasteiger partial charge in [-0.15, -0.1) is 0 Å². The quantitative estimate of drug-likeness (QED) is 0.160. The predicted molar refractivity (Wildman–Crippen MR) is 133 cm³/mol. The molecule has 2 aromatic carbocycles. The molecule has 33 heavy (non-hydrogen) atoms. The van der Waals surface area contributed by atoms with Crippen LogP contribution in [0.15, 0.2) is 52.4 Å². The first-order valence-corrected chi connectivity index (χ1v) is 12.2. The van der Waals surface area contributed by atoms with Gasteiger partial charge >= 0.3 is 5.97 Å². The molecule has 0 aliphatic carbocycles. The molecule has 1 aliphatic rings. The molecule has 0 radical (unpaired) electrons. The number of likely N-dealkylation sites (tertiary alicyclic amines) is 1. The van der Waals surface area contributed by atoms with E-state index in [1.54, 1.807) is 0 Å². The number of benzene rings is 2. The van der Waals surface area contributed by atoms with Gasteiger partial charge in [0, 0.05) is 24.5 Å². The van der Waals surface area contributed by atoms with Crippen LogP contribution in [0.5, 0.6) is 0 Å². The Morgan fingerprint density at radius 3 is 2.61 bits per heavy atom. The molecule has 0 bridgehead atoms. The molecule has 0 spiro atoms. The molecule has 1 fully saturated rings. The number of carbonyl (C=O) groups is 2. The van der Waals surface area contributed by atoms with Gasteiger partial charge in [-0.2, -0.15) is 0 Å². The van der Waals surface area contributed by atoms with Crippen molar-refractivity contribution in [3.63, 3.8) is 0 Å². The van der Waals surface area contributed by atoms with Gasteiger partial charge in [-0.05, 0) is 67.5 Å². The fraction of sp³-hybridized carbons (Fsp3) is 0.458. The second-order valence-electron chi connectivity index (χ2n) is 8.08. The van der Waals surface area contributed by atoms with E-state index < -0.39 is 0 Å². The highest BCUT2D eigenvalue weighted by molar-refractivity contribution is 7.97. The number of nitrogens with zero attached hydrogens (tertiary/aromatic N) is 2. The minimum atomic E-state index is -0.380. The van der Waals surface area contributed by atoms with E-state index in [-0.39, 0.29) is 29.8 Å². The molecular weight excluding hydrogens is 438 g/mol. The number of amides is 1. The van der Waals surface area contributed by atoms with Crippen LogP contribution in [-0.4, -0.2) is 55.0 Å². The number of carbonyl (C=O) groups excluding carboxylic acids is 2. The maximum absolute atomic E-state index is 13.3. The topological polar surface area (TPSA) is 123 Å². The maximum Gasteiger partial charge on any atom is 0.309 e. The molecule has 2 aromatic rings. The number of piperidine rings is 1. The summed E-state index contributed by atoms with van der Waals surface area (Å²) in [7, 11) is 0. The third-order valence-electron chi connectivity index (χ3n) is 5.71. The Bertz CT molecular complexity index is 971. The first kappa shape index (κ1) is 24.9. The molecule has 0 aromatic heterocycles. The van der Waals surface area contributed by atoms with Crippen molar-refractivity contribution in [3.05, 3.63) is 42.5 Å². The Labute approximate surface area is 199 Å². The average molecular weight is 472 g/mol. The molecular formula is C24H33N5O3S. The van der Waals surface area contributed by atoms with Gasteiger partial charge in [-0.3, -0.25) is 14.6 Å². The largest absolute Gasteiger partial charge is 0.466 e. The van der Waals surface area contributed by atoms with E-state index in [0.717, 1.165) is 10.3 Å². The molecule has 1 amide bonds. The third kappa shape index (κ3) is 7.36. The van der Waals surface area contributed by atoms with E-state index in [1.165, 1.54) is 17.3 Å². The molecule has 3 rings (SSSR count). The van der Waals surface area contributed by atoms with Gasteiger partial charge in [0.25, 0.3) is 0 Å². The lowest BCUT2D eigenvalue weighted by Gasteiger charge is -2.33. The summed E-state index contributed by atoms with van der Waals surface area (Å²) < 4.78 is 8.50. The van der Waals surface area contributed by atoms with Crippen molar-refractivity contribution in [3.8, 4) is 0 Å². The highest BCUT2D eigenvalue weighted by atomic mass is 32.2. The number of nitrogens with two attached hydrogens (primary N) is 2. The monoisotopic (exact) mass is 471 g/mol. The second-order valence-corrected chi connectivity index (χ2v) is 8.99. The van der Waals surface area contributed by atoms with Crippen LogP contribution in [0.2, 0.25) is 0 Å². The van der Waals surface area contributed by atoms with Crippen molar-refractivity contribution >= 4 is 40.6 Å². The lowest BCUT2D eigenvalue weighted by molar-refractivity contribution is -0.151. The Morgan fingerprint density at radius 2 is 1.91 bits per heavy atom. The van der Waals surface area contributed by atoms with Crippen molar-refractivity contribution in [2.45, 2.75) is 43.5 Å². The van der Waals surface area contributed by atoms with E-state index in [0.29, 0.717) is 51.9 Å². The zero-order valence-electron chi connectivity index (χ0n) is 19.0. The van der Waals surface area contributed by atoms with Gasteiger partial charge in [-0.1, -0.05) is 30.3 Å². The van der Waals surface area contributed by atoms with E-state index in [1.807, 2.05) is 30.0 Å². The van der Waals surface area contributed by atoms with Crippen LogP contribution in [0.4, 0.5) is 0 Å². The number of rotatable bonds is 10. The van der Waals surface area contributed by atoms with Crippen molar-refractivity contribution in [2.75, 3.05) is 26.2 Å². The summed E-state index contributed by atoms with van der Waals surface area (Å²) >= 11 is 1.46. The fourth-order valence-electron chi connectivity index (χ4n) is 3.92. The van der Waals surface area contributed by atoms with Gasteiger partial charge in [0.2, 0.25) is 5.91 Å². The second kappa shape index (κ2) is 12.5. The van der Waals surface area contributed by atoms with Crippen molar-refractivity contribution in [1.82, 2.24) is 9.62 Å². The van der Waals surface area contributed by atoms with Crippen LogP contribution >= 0.6 is 11.9 Å². The van der Waals surface area contributed by atoms with Crippen LogP contribution in [0.1, 0.15) is 32.6 Å². The molecule has 0 saturated carbocycles. The van der Waals surface area contributed by atoms with Gasteiger partial charge in [0.05, 0.1) is 18.6 Å². The smallest absolute Gasteiger partial charge is 0.309 e. The van der Waals surface area contributed by atoms with Crippen molar-refractivity contribution in [1.29, 1.82) is 0 Å². The van der Waals surface area contributed by atoms with Crippen LogP contribution in [0.3, 0.4) is 0 Å². The summed E-state index contributed by atoms with van der Waals surface area (Å²) in [5.74, 6) is -0.203. The number of ether oxygens (including phenoxy) is 1. The zero-order valence-corrected chi connectivity index (χ0v) is 19.9. The predicted octanol–water partition coefficient (Wildman–Crippen LogP) is 2.66.